The molecule has 0 aliphatic rings. The Kier molecular flexibility index (Phi) is 13.9. The smallest absolute Gasteiger partial charge is 0.334 e. The number of esters is 2. The van der Waals surface area contributed by atoms with Gasteiger partial charge in [0.2, 0.25) is 0 Å². The lowest BCUT2D eigenvalue weighted by Crippen LogP contribution is -2.19. The van der Waals surface area contributed by atoms with Crippen molar-refractivity contribution in [1.29, 1.82) is 0 Å². The molecule has 5 nitrogen and oxygen atoms in total. The molecule has 0 aromatic rings. The van der Waals surface area contributed by atoms with Gasteiger partial charge in [-0.15, -0.1) is 0 Å². The molecule has 102 valence electrons. The van der Waals surface area contributed by atoms with E-state index in [2.05, 4.69) is 9.47 Å². The number of hydrogen-bond donors (Lipinski definition) is 1. The molecule has 0 aromatic heterocycles. The Morgan fingerprint density at radius 2 is 1.76 bits per heavy atom. The largest absolute Gasteiger partial charge is 0.466 e. The highest BCUT2D eigenvalue weighted by Crippen LogP contribution is 1.91. The Morgan fingerprint density at radius 1 is 1.18 bits per heavy atom. The number of ether oxygens (including phenoxy) is 2. The molecule has 0 aliphatic carbocycles. The van der Waals surface area contributed by atoms with Crippen molar-refractivity contribution in [3.8, 4) is 0 Å². The third kappa shape index (κ3) is 14.9. The van der Waals surface area contributed by atoms with E-state index < -0.39 is 12.1 Å². The number of rotatable bonds is 6. The van der Waals surface area contributed by atoms with E-state index in [1.807, 2.05) is 6.92 Å². The van der Waals surface area contributed by atoms with Crippen LogP contribution in [-0.2, 0) is 19.1 Å². The van der Waals surface area contributed by atoms with Crippen LogP contribution in [0.1, 0.15) is 47.0 Å². The molecule has 0 saturated carbocycles. The molecule has 0 spiro atoms. The average molecular weight is 248 g/mol. The average Bonchev–Trinajstić information content (AvgIpc) is 2.30. The first kappa shape index (κ1) is 18.3. The minimum absolute atomic E-state index is 0.123. The van der Waals surface area contributed by atoms with Crippen molar-refractivity contribution >= 4 is 11.9 Å². The van der Waals surface area contributed by atoms with Crippen molar-refractivity contribution in [3.63, 3.8) is 0 Å². The van der Waals surface area contributed by atoms with Gasteiger partial charge in [-0.05, 0) is 20.3 Å². The van der Waals surface area contributed by atoms with Gasteiger partial charge in [-0.3, -0.25) is 4.79 Å². The van der Waals surface area contributed by atoms with Crippen LogP contribution in [0.15, 0.2) is 0 Å². The van der Waals surface area contributed by atoms with Crippen molar-refractivity contribution in [2.24, 2.45) is 0 Å². The van der Waals surface area contributed by atoms with Gasteiger partial charge in [-0.25, -0.2) is 4.79 Å². The molecule has 0 saturated heterocycles. The van der Waals surface area contributed by atoms with Crippen molar-refractivity contribution < 1.29 is 24.2 Å². The summed E-state index contributed by atoms with van der Waals surface area (Å²) in [5.41, 5.74) is 0. The van der Waals surface area contributed by atoms with Crippen LogP contribution in [0.25, 0.3) is 0 Å². The standard InChI is InChI=1S/C7H14O3.C5H10O2/c1-3-4-5-10-7(9)6(2)8;1-3-5(6)7-4-2/h6,8H,3-5H2,1-2H3;3-4H2,1-2H3. The van der Waals surface area contributed by atoms with Gasteiger partial charge in [0.15, 0.2) is 0 Å². The van der Waals surface area contributed by atoms with Crippen LogP contribution in [0, 0.1) is 0 Å². The van der Waals surface area contributed by atoms with E-state index in [1.165, 1.54) is 6.92 Å². The summed E-state index contributed by atoms with van der Waals surface area (Å²) in [7, 11) is 0. The number of hydrogen-bond acceptors (Lipinski definition) is 5. The predicted molar refractivity (Wildman–Crippen MR) is 64.5 cm³/mol. The van der Waals surface area contributed by atoms with E-state index in [0.717, 1.165) is 12.8 Å². The molecule has 5 heteroatoms. The second-order valence-corrected chi connectivity index (χ2v) is 3.36. The van der Waals surface area contributed by atoms with Gasteiger partial charge in [-0.2, -0.15) is 0 Å². The minimum atomic E-state index is -0.989. The van der Waals surface area contributed by atoms with Gasteiger partial charge in [0.05, 0.1) is 13.2 Å². The number of aliphatic hydroxyl groups is 1. The van der Waals surface area contributed by atoms with Crippen LogP contribution in [0.3, 0.4) is 0 Å². The van der Waals surface area contributed by atoms with Gasteiger partial charge in [0.1, 0.15) is 6.10 Å². The first-order valence-electron chi connectivity index (χ1n) is 5.99. The molecular formula is C12H24O5. The van der Waals surface area contributed by atoms with Gasteiger partial charge < -0.3 is 14.6 Å². The Hall–Kier alpha value is -1.10. The SMILES string of the molecule is CCCCOC(=O)C(C)O.CCOC(=O)CC. The molecule has 0 amide bonds. The summed E-state index contributed by atoms with van der Waals surface area (Å²) in [4.78, 5) is 20.7. The third-order valence-corrected chi connectivity index (χ3v) is 1.68. The zero-order valence-electron chi connectivity index (χ0n) is 11.2. The van der Waals surface area contributed by atoms with Crippen molar-refractivity contribution in [3.05, 3.63) is 0 Å². The molecule has 1 atom stereocenters. The molecule has 0 rings (SSSR count). The Balaban J connectivity index is 0. The lowest BCUT2D eigenvalue weighted by molar-refractivity contribution is -0.152. The molecule has 0 radical (unpaired) electrons. The molecule has 0 heterocycles. The molecule has 0 aliphatic heterocycles. The fourth-order valence-corrected chi connectivity index (χ4v) is 0.701. The van der Waals surface area contributed by atoms with E-state index >= 15 is 0 Å². The van der Waals surface area contributed by atoms with Crippen LogP contribution in [0.5, 0.6) is 0 Å². The molecule has 1 unspecified atom stereocenters. The summed E-state index contributed by atoms with van der Waals surface area (Å²) in [6.45, 7) is 7.89. The lowest BCUT2D eigenvalue weighted by atomic mass is 10.3. The maximum Gasteiger partial charge on any atom is 0.334 e. The lowest BCUT2D eigenvalue weighted by Gasteiger charge is -2.04. The first-order chi connectivity index (χ1) is 7.99. The minimum Gasteiger partial charge on any atom is -0.466 e. The quantitative estimate of drug-likeness (QED) is 0.572. The highest BCUT2D eigenvalue weighted by atomic mass is 16.5. The van der Waals surface area contributed by atoms with Crippen LogP contribution >= 0.6 is 0 Å². The maximum atomic E-state index is 10.5. The van der Waals surface area contributed by atoms with E-state index in [1.54, 1.807) is 13.8 Å². The molecule has 0 fully saturated rings. The molecular weight excluding hydrogens is 224 g/mol. The normalized spacial score (nSPS) is 10.9. The zero-order valence-corrected chi connectivity index (χ0v) is 11.2. The van der Waals surface area contributed by atoms with Crippen LogP contribution in [0.4, 0.5) is 0 Å². The highest BCUT2D eigenvalue weighted by Gasteiger charge is 2.08. The monoisotopic (exact) mass is 248 g/mol. The summed E-state index contributed by atoms with van der Waals surface area (Å²) in [6.07, 6.45) is 1.34. The number of carbonyl (C=O) groups excluding carboxylic acids is 2. The van der Waals surface area contributed by atoms with Crippen molar-refractivity contribution in [1.82, 2.24) is 0 Å². The number of unbranched alkanes of at least 4 members (excludes halogenated alkanes) is 1. The molecule has 1 N–H and O–H groups in total. The Bertz CT molecular complexity index is 201. The second kappa shape index (κ2) is 13.0. The van der Waals surface area contributed by atoms with E-state index in [-0.39, 0.29) is 5.97 Å². The summed E-state index contributed by atoms with van der Waals surface area (Å²) < 4.78 is 9.21. The van der Waals surface area contributed by atoms with Crippen LogP contribution in [0.2, 0.25) is 0 Å². The van der Waals surface area contributed by atoms with E-state index in [9.17, 15) is 9.59 Å². The first-order valence-corrected chi connectivity index (χ1v) is 5.99. The molecule has 17 heavy (non-hydrogen) atoms. The fourth-order valence-electron chi connectivity index (χ4n) is 0.701. The predicted octanol–water partition coefficient (Wildman–Crippen LogP) is 1.67. The highest BCUT2D eigenvalue weighted by molar-refractivity contribution is 5.73. The molecule has 0 aromatic carbocycles. The van der Waals surface area contributed by atoms with Gasteiger partial charge in [0, 0.05) is 6.42 Å². The van der Waals surface area contributed by atoms with Crippen molar-refractivity contribution in [2.45, 2.75) is 53.1 Å². The van der Waals surface area contributed by atoms with Crippen LogP contribution < -0.4 is 0 Å². The summed E-state index contributed by atoms with van der Waals surface area (Å²) in [5, 5.41) is 8.65. The fraction of sp³-hybridized carbons (Fsp3) is 0.833. The molecule has 0 bridgehead atoms. The topological polar surface area (TPSA) is 72.8 Å². The second-order valence-electron chi connectivity index (χ2n) is 3.36. The Labute approximate surface area is 103 Å². The summed E-state index contributed by atoms with van der Waals surface area (Å²) in [5.74, 6) is -0.657. The maximum absolute atomic E-state index is 10.5. The third-order valence-electron chi connectivity index (χ3n) is 1.68. The number of aliphatic hydroxyl groups excluding tert-OH is 1. The van der Waals surface area contributed by atoms with Gasteiger partial charge >= 0.3 is 11.9 Å². The Morgan fingerprint density at radius 3 is 2.06 bits per heavy atom. The van der Waals surface area contributed by atoms with Gasteiger partial charge in [-0.1, -0.05) is 20.3 Å². The van der Waals surface area contributed by atoms with Crippen molar-refractivity contribution in [2.75, 3.05) is 13.2 Å². The van der Waals surface area contributed by atoms with E-state index in [4.69, 9.17) is 5.11 Å². The summed E-state index contributed by atoms with van der Waals surface area (Å²) >= 11 is 0. The summed E-state index contributed by atoms with van der Waals surface area (Å²) in [6, 6.07) is 0. The van der Waals surface area contributed by atoms with Gasteiger partial charge in [0.25, 0.3) is 0 Å². The van der Waals surface area contributed by atoms with Crippen LogP contribution in [-0.4, -0.2) is 36.4 Å². The zero-order chi connectivity index (χ0) is 13.7. The number of carbonyl (C=O) groups is 2. The van der Waals surface area contributed by atoms with E-state index in [0.29, 0.717) is 19.6 Å².